The molecule has 3 rings (SSSR count). The van der Waals surface area contributed by atoms with Crippen molar-refractivity contribution >= 4 is 51.9 Å². The highest BCUT2D eigenvalue weighted by atomic mass is 32.2. The number of amides is 2. The van der Waals surface area contributed by atoms with Crippen molar-refractivity contribution in [1.82, 2.24) is 4.90 Å². The van der Waals surface area contributed by atoms with Crippen molar-refractivity contribution in [2.24, 2.45) is 0 Å². The number of thiocarbonyl (C=S) groups is 1. The Kier molecular flexibility index (Phi) is 7.76. The van der Waals surface area contributed by atoms with Crippen molar-refractivity contribution in [2.45, 2.75) is 32.6 Å². The Bertz CT molecular complexity index is 973. The summed E-state index contributed by atoms with van der Waals surface area (Å²) in [5.74, 6) is -0.575. The van der Waals surface area contributed by atoms with Crippen molar-refractivity contribution in [3.05, 3.63) is 70.4 Å². The van der Waals surface area contributed by atoms with Crippen molar-refractivity contribution in [3.63, 3.8) is 0 Å². The number of benzene rings is 2. The summed E-state index contributed by atoms with van der Waals surface area (Å²) >= 11 is 6.51. The van der Waals surface area contributed by atoms with Crippen LogP contribution in [0.3, 0.4) is 0 Å². The summed E-state index contributed by atoms with van der Waals surface area (Å²) in [5, 5.41) is 2.88. The number of thioether (sulfide) groups is 1. The Morgan fingerprint density at radius 1 is 1.13 bits per heavy atom. The minimum atomic E-state index is -0.369. The van der Waals surface area contributed by atoms with Crippen LogP contribution in [-0.4, -0.2) is 27.6 Å². The molecule has 0 radical (unpaired) electrons. The number of carbonyl (C=O) groups excluding carboxylic acids is 2. The molecular formula is C23H23FN2O2S2. The van der Waals surface area contributed by atoms with E-state index in [0.717, 1.165) is 30.5 Å². The van der Waals surface area contributed by atoms with Crippen molar-refractivity contribution in [3.8, 4) is 0 Å². The number of aryl methyl sites for hydroxylation is 1. The Morgan fingerprint density at radius 3 is 2.60 bits per heavy atom. The molecule has 1 fully saturated rings. The monoisotopic (exact) mass is 442 g/mol. The maximum absolute atomic E-state index is 13.8. The first-order valence-corrected chi connectivity index (χ1v) is 11.0. The second kappa shape index (κ2) is 10.5. The quantitative estimate of drug-likeness (QED) is 0.332. The number of carbonyl (C=O) groups is 2. The summed E-state index contributed by atoms with van der Waals surface area (Å²) in [7, 11) is 0. The van der Waals surface area contributed by atoms with Crippen LogP contribution in [0.5, 0.6) is 0 Å². The van der Waals surface area contributed by atoms with E-state index in [-0.39, 0.29) is 17.6 Å². The Labute approximate surface area is 185 Å². The fourth-order valence-electron chi connectivity index (χ4n) is 3.02. The number of rotatable bonds is 8. The third-order valence-electron chi connectivity index (χ3n) is 4.69. The van der Waals surface area contributed by atoms with Crippen LogP contribution in [0.4, 0.5) is 10.1 Å². The maximum atomic E-state index is 13.8. The van der Waals surface area contributed by atoms with Gasteiger partial charge in [0.15, 0.2) is 0 Å². The van der Waals surface area contributed by atoms with Gasteiger partial charge < -0.3 is 5.32 Å². The van der Waals surface area contributed by atoms with E-state index in [1.165, 1.54) is 17.8 Å². The van der Waals surface area contributed by atoms with Crippen LogP contribution in [-0.2, 0) is 9.59 Å². The molecule has 0 aliphatic carbocycles. The van der Waals surface area contributed by atoms with Crippen LogP contribution in [0.2, 0.25) is 0 Å². The zero-order chi connectivity index (χ0) is 21.5. The molecule has 4 nitrogen and oxygen atoms in total. The van der Waals surface area contributed by atoms with Gasteiger partial charge in [-0.1, -0.05) is 66.3 Å². The van der Waals surface area contributed by atoms with Crippen LogP contribution >= 0.6 is 24.0 Å². The van der Waals surface area contributed by atoms with Crippen LogP contribution in [0.15, 0.2) is 53.4 Å². The summed E-state index contributed by atoms with van der Waals surface area (Å²) in [6.07, 6.45) is 4.27. The SMILES string of the molecule is Cc1ccc(NC(=O)CCCCCN2C(=O)/C(=C/c3ccccc3F)SC2=S)cc1. The average Bonchev–Trinajstić information content (AvgIpc) is 2.98. The molecule has 2 amide bonds. The largest absolute Gasteiger partial charge is 0.326 e. The van der Waals surface area contributed by atoms with Crippen LogP contribution in [0.1, 0.15) is 36.8 Å². The number of nitrogens with zero attached hydrogens (tertiary/aromatic N) is 1. The predicted octanol–water partition coefficient (Wildman–Crippen LogP) is 5.53. The van der Waals surface area contributed by atoms with E-state index in [1.807, 2.05) is 31.2 Å². The Hall–Kier alpha value is -2.51. The van der Waals surface area contributed by atoms with E-state index in [1.54, 1.807) is 29.2 Å². The number of hydrogen-bond acceptors (Lipinski definition) is 4. The number of nitrogens with one attached hydrogen (secondary N) is 1. The molecule has 156 valence electrons. The molecule has 0 bridgehead atoms. The molecule has 2 aromatic rings. The van der Waals surface area contributed by atoms with Crippen molar-refractivity contribution in [1.29, 1.82) is 0 Å². The van der Waals surface area contributed by atoms with Crippen molar-refractivity contribution < 1.29 is 14.0 Å². The lowest BCUT2D eigenvalue weighted by Crippen LogP contribution is -2.29. The number of unbranched alkanes of at least 4 members (excludes halogenated alkanes) is 2. The van der Waals surface area contributed by atoms with Gasteiger partial charge in [-0.2, -0.15) is 0 Å². The fourth-order valence-corrected chi connectivity index (χ4v) is 4.32. The molecule has 1 heterocycles. The second-order valence-corrected chi connectivity index (χ2v) is 8.76. The first kappa shape index (κ1) is 22.2. The first-order valence-electron chi connectivity index (χ1n) is 9.80. The molecule has 0 atom stereocenters. The van der Waals surface area contributed by atoms with E-state index >= 15 is 0 Å². The molecule has 2 aromatic carbocycles. The molecule has 0 spiro atoms. The molecule has 30 heavy (non-hydrogen) atoms. The highest BCUT2D eigenvalue weighted by molar-refractivity contribution is 8.26. The summed E-state index contributed by atoms with van der Waals surface area (Å²) in [4.78, 5) is 26.6. The number of hydrogen-bond donors (Lipinski definition) is 1. The number of halogens is 1. The molecule has 0 saturated carbocycles. The zero-order valence-corrected chi connectivity index (χ0v) is 18.3. The first-order chi connectivity index (χ1) is 14.4. The van der Waals surface area contributed by atoms with Gasteiger partial charge in [-0.15, -0.1) is 0 Å². The van der Waals surface area contributed by atoms with Gasteiger partial charge >= 0.3 is 0 Å². The minimum Gasteiger partial charge on any atom is -0.326 e. The van der Waals surface area contributed by atoms with E-state index in [9.17, 15) is 14.0 Å². The molecule has 1 saturated heterocycles. The third-order valence-corrected chi connectivity index (χ3v) is 6.06. The van der Waals surface area contributed by atoms with Gasteiger partial charge in [0.2, 0.25) is 5.91 Å². The molecule has 0 aromatic heterocycles. The van der Waals surface area contributed by atoms with Gasteiger partial charge in [-0.3, -0.25) is 14.5 Å². The number of anilines is 1. The summed E-state index contributed by atoms with van der Waals surface area (Å²) in [5.41, 5.74) is 2.31. The molecule has 0 unspecified atom stereocenters. The van der Waals surface area contributed by atoms with E-state index < -0.39 is 0 Å². The van der Waals surface area contributed by atoms with E-state index in [4.69, 9.17) is 12.2 Å². The third kappa shape index (κ3) is 6.00. The highest BCUT2D eigenvalue weighted by Gasteiger charge is 2.31. The van der Waals surface area contributed by atoms with Crippen molar-refractivity contribution in [2.75, 3.05) is 11.9 Å². The fraction of sp³-hybridized carbons (Fsp3) is 0.261. The van der Waals surface area contributed by atoms with Crippen LogP contribution in [0, 0.1) is 12.7 Å². The highest BCUT2D eigenvalue weighted by Crippen LogP contribution is 2.33. The van der Waals surface area contributed by atoms with Gasteiger partial charge in [0.25, 0.3) is 5.91 Å². The Morgan fingerprint density at radius 2 is 1.87 bits per heavy atom. The lowest BCUT2D eigenvalue weighted by atomic mass is 10.1. The van der Waals surface area contributed by atoms with Gasteiger partial charge in [0, 0.05) is 24.2 Å². The van der Waals surface area contributed by atoms with E-state index in [0.29, 0.717) is 27.8 Å². The average molecular weight is 443 g/mol. The van der Waals surface area contributed by atoms with Crippen LogP contribution < -0.4 is 5.32 Å². The zero-order valence-electron chi connectivity index (χ0n) is 16.7. The topological polar surface area (TPSA) is 49.4 Å². The second-order valence-electron chi connectivity index (χ2n) is 7.08. The standard InChI is InChI=1S/C23H23FN2O2S2/c1-16-10-12-18(13-11-16)25-21(27)9-3-2-6-14-26-22(28)20(30-23(26)29)15-17-7-4-5-8-19(17)24/h4-5,7-8,10-13,15H,2-3,6,9,14H2,1H3,(H,25,27)/b20-15-. The minimum absolute atomic E-state index is 0.0164. The van der Waals surface area contributed by atoms with E-state index in [2.05, 4.69) is 5.32 Å². The van der Waals surface area contributed by atoms with Gasteiger partial charge in [-0.25, -0.2) is 4.39 Å². The Balaban J connectivity index is 1.42. The predicted molar refractivity (Wildman–Crippen MR) is 125 cm³/mol. The molecule has 1 aliphatic rings. The lowest BCUT2D eigenvalue weighted by molar-refractivity contribution is -0.122. The van der Waals surface area contributed by atoms with Gasteiger partial charge in [0.1, 0.15) is 10.1 Å². The lowest BCUT2D eigenvalue weighted by Gasteiger charge is -2.14. The molecular weight excluding hydrogens is 419 g/mol. The smallest absolute Gasteiger partial charge is 0.266 e. The van der Waals surface area contributed by atoms with Crippen LogP contribution in [0.25, 0.3) is 6.08 Å². The normalized spacial score (nSPS) is 15.1. The summed E-state index contributed by atoms with van der Waals surface area (Å²) < 4.78 is 14.3. The maximum Gasteiger partial charge on any atom is 0.266 e. The van der Waals surface area contributed by atoms with Gasteiger partial charge in [0.05, 0.1) is 4.91 Å². The molecule has 1 aliphatic heterocycles. The molecule has 1 N–H and O–H groups in total. The molecule has 7 heteroatoms. The summed E-state index contributed by atoms with van der Waals surface area (Å²) in [6, 6.07) is 14.0. The summed E-state index contributed by atoms with van der Waals surface area (Å²) in [6.45, 7) is 2.50. The van der Waals surface area contributed by atoms with Gasteiger partial charge in [-0.05, 0) is 44.0 Å².